The number of anilines is 1. The Bertz CT molecular complexity index is 1120. The van der Waals surface area contributed by atoms with Crippen LogP contribution in [0.4, 0.5) is 6.01 Å². The van der Waals surface area contributed by atoms with Crippen molar-refractivity contribution in [2.75, 3.05) is 64.4 Å². The molecule has 2 aromatic carbocycles. The number of ether oxygens (including phenoxy) is 1. The summed E-state index contributed by atoms with van der Waals surface area (Å²) >= 11 is 0. The van der Waals surface area contributed by atoms with Crippen molar-refractivity contribution in [3.63, 3.8) is 0 Å². The number of benzene rings is 2. The van der Waals surface area contributed by atoms with E-state index in [0.29, 0.717) is 55.4 Å². The molecular formula is C27H37N5O4. The van der Waals surface area contributed by atoms with Crippen LogP contribution in [-0.2, 0) is 11.2 Å². The van der Waals surface area contributed by atoms with E-state index >= 15 is 0 Å². The number of aliphatic hydroxyl groups excluding tert-OH is 1. The number of amides is 1. The molecule has 1 fully saturated rings. The molecule has 3 aromatic rings. The monoisotopic (exact) mass is 495 g/mol. The molecule has 0 saturated carbocycles. The van der Waals surface area contributed by atoms with Crippen LogP contribution in [0.25, 0.3) is 11.1 Å². The van der Waals surface area contributed by atoms with E-state index in [0.717, 1.165) is 25.2 Å². The molecule has 1 amide bonds. The largest absolute Gasteiger partial charge is 0.423 e. The second-order valence-electron chi connectivity index (χ2n) is 9.32. The third kappa shape index (κ3) is 6.61. The zero-order valence-electron chi connectivity index (χ0n) is 21.2. The van der Waals surface area contributed by atoms with Gasteiger partial charge in [-0.3, -0.25) is 9.69 Å². The van der Waals surface area contributed by atoms with Crippen molar-refractivity contribution in [1.29, 1.82) is 0 Å². The van der Waals surface area contributed by atoms with Crippen molar-refractivity contribution in [3.05, 3.63) is 59.7 Å². The van der Waals surface area contributed by atoms with Gasteiger partial charge in [-0.1, -0.05) is 30.3 Å². The molecule has 1 aliphatic heterocycles. The summed E-state index contributed by atoms with van der Waals surface area (Å²) in [6.45, 7) is 7.14. The number of aromatic nitrogens is 1. The SMILES string of the molecule is CCN(C)c1nc2ccc(C(=O)N(CCN3CCOCC3)C[C@@H](O)[C@@H](N)Cc3ccccc3)cc2o1. The highest BCUT2D eigenvalue weighted by Gasteiger charge is 2.25. The smallest absolute Gasteiger partial charge is 0.298 e. The van der Waals surface area contributed by atoms with E-state index in [-0.39, 0.29) is 12.5 Å². The van der Waals surface area contributed by atoms with Crippen LogP contribution in [0.2, 0.25) is 0 Å². The van der Waals surface area contributed by atoms with Crippen LogP contribution in [0.15, 0.2) is 52.9 Å². The average Bonchev–Trinajstić information content (AvgIpc) is 3.34. The maximum absolute atomic E-state index is 13.6. The number of nitrogens with zero attached hydrogens (tertiary/aromatic N) is 4. The summed E-state index contributed by atoms with van der Waals surface area (Å²) in [7, 11) is 1.91. The zero-order chi connectivity index (χ0) is 25.5. The van der Waals surface area contributed by atoms with Gasteiger partial charge in [0, 0.05) is 57.9 Å². The van der Waals surface area contributed by atoms with E-state index < -0.39 is 12.1 Å². The third-order valence-corrected chi connectivity index (χ3v) is 6.72. The molecular weight excluding hydrogens is 458 g/mol. The highest BCUT2D eigenvalue weighted by Crippen LogP contribution is 2.23. The fourth-order valence-electron chi connectivity index (χ4n) is 4.27. The van der Waals surface area contributed by atoms with E-state index in [9.17, 15) is 9.90 Å². The Kier molecular flexibility index (Phi) is 8.93. The fourth-order valence-corrected chi connectivity index (χ4v) is 4.27. The first-order valence-electron chi connectivity index (χ1n) is 12.6. The Morgan fingerprint density at radius 2 is 1.94 bits per heavy atom. The molecule has 2 atom stereocenters. The minimum Gasteiger partial charge on any atom is -0.423 e. The van der Waals surface area contributed by atoms with Gasteiger partial charge < -0.3 is 29.8 Å². The first kappa shape index (κ1) is 26.1. The Hall–Kier alpha value is -2.98. The van der Waals surface area contributed by atoms with Crippen LogP contribution < -0.4 is 10.6 Å². The molecule has 0 bridgehead atoms. The number of oxazole rings is 1. The molecule has 1 saturated heterocycles. The quantitative estimate of drug-likeness (QED) is 0.416. The molecule has 9 nitrogen and oxygen atoms in total. The van der Waals surface area contributed by atoms with E-state index in [4.69, 9.17) is 14.9 Å². The lowest BCUT2D eigenvalue weighted by Gasteiger charge is -2.32. The maximum Gasteiger partial charge on any atom is 0.298 e. The van der Waals surface area contributed by atoms with Crippen LogP contribution in [0.5, 0.6) is 0 Å². The summed E-state index contributed by atoms with van der Waals surface area (Å²) in [6.07, 6.45) is -0.330. The molecule has 0 spiro atoms. The van der Waals surface area contributed by atoms with Gasteiger partial charge in [-0.05, 0) is 37.1 Å². The zero-order valence-corrected chi connectivity index (χ0v) is 21.2. The number of aliphatic hydroxyl groups is 1. The minimum atomic E-state index is -0.863. The highest BCUT2D eigenvalue weighted by molar-refractivity contribution is 5.97. The summed E-state index contributed by atoms with van der Waals surface area (Å²) in [5.74, 6) is -0.169. The van der Waals surface area contributed by atoms with Crippen molar-refractivity contribution in [2.45, 2.75) is 25.5 Å². The van der Waals surface area contributed by atoms with Gasteiger partial charge in [-0.15, -0.1) is 0 Å². The van der Waals surface area contributed by atoms with Crippen molar-refractivity contribution in [1.82, 2.24) is 14.8 Å². The van der Waals surface area contributed by atoms with E-state index in [1.807, 2.05) is 49.2 Å². The number of fused-ring (bicyclic) bond motifs is 1. The van der Waals surface area contributed by atoms with E-state index in [2.05, 4.69) is 9.88 Å². The molecule has 36 heavy (non-hydrogen) atoms. The predicted octanol–water partition coefficient (Wildman–Crippen LogP) is 1.99. The topological polar surface area (TPSA) is 108 Å². The van der Waals surface area contributed by atoms with Crippen molar-refractivity contribution >= 4 is 23.0 Å². The molecule has 9 heteroatoms. The van der Waals surface area contributed by atoms with Crippen molar-refractivity contribution in [3.8, 4) is 0 Å². The van der Waals surface area contributed by atoms with Crippen LogP contribution in [0, 0.1) is 0 Å². The third-order valence-electron chi connectivity index (χ3n) is 6.72. The second-order valence-corrected chi connectivity index (χ2v) is 9.32. The Balaban J connectivity index is 1.49. The van der Waals surface area contributed by atoms with Gasteiger partial charge in [0.1, 0.15) is 5.52 Å². The second kappa shape index (κ2) is 12.3. The normalized spacial score (nSPS) is 16.1. The van der Waals surface area contributed by atoms with E-state index in [1.54, 1.807) is 23.1 Å². The van der Waals surface area contributed by atoms with Crippen LogP contribution >= 0.6 is 0 Å². The van der Waals surface area contributed by atoms with Gasteiger partial charge >= 0.3 is 0 Å². The van der Waals surface area contributed by atoms with Gasteiger partial charge in [0.05, 0.1) is 19.3 Å². The molecule has 194 valence electrons. The lowest BCUT2D eigenvalue weighted by atomic mass is 10.0. The first-order valence-corrected chi connectivity index (χ1v) is 12.6. The summed E-state index contributed by atoms with van der Waals surface area (Å²) < 4.78 is 11.3. The fraction of sp³-hybridized carbons (Fsp3) is 0.481. The van der Waals surface area contributed by atoms with Gasteiger partial charge in [0.2, 0.25) is 0 Å². The summed E-state index contributed by atoms with van der Waals surface area (Å²) in [5, 5.41) is 11.0. The Morgan fingerprint density at radius 3 is 2.67 bits per heavy atom. The number of carbonyl (C=O) groups is 1. The van der Waals surface area contributed by atoms with Gasteiger partial charge in [0.25, 0.3) is 11.9 Å². The van der Waals surface area contributed by atoms with Crippen LogP contribution in [0.3, 0.4) is 0 Å². The standard InChI is InChI=1S/C27H37N5O4/c1-3-30(2)27-29-23-10-9-21(18-25(23)36-27)26(34)32(12-11-31-13-15-35-16-14-31)19-24(33)22(28)17-20-7-5-4-6-8-20/h4-10,18,22,24,33H,3,11-17,19,28H2,1-2H3/t22-,24+/m0/s1. The van der Waals surface area contributed by atoms with Crippen molar-refractivity contribution in [2.24, 2.45) is 5.73 Å². The molecule has 3 N–H and O–H groups in total. The summed E-state index contributed by atoms with van der Waals surface area (Å²) in [4.78, 5) is 24.0. The van der Waals surface area contributed by atoms with Crippen LogP contribution in [0.1, 0.15) is 22.8 Å². The van der Waals surface area contributed by atoms with E-state index in [1.165, 1.54) is 0 Å². The number of morpholine rings is 1. The number of hydrogen-bond donors (Lipinski definition) is 2. The lowest BCUT2D eigenvalue weighted by Crippen LogP contribution is -2.49. The van der Waals surface area contributed by atoms with Gasteiger partial charge in [-0.2, -0.15) is 4.98 Å². The van der Waals surface area contributed by atoms with Gasteiger partial charge in [0.15, 0.2) is 5.58 Å². The molecule has 0 aliphatic carbocycles. The predicted molar refractivity (Wildman–Crippen MR) is 140 cm³/mol. The Morgan fingerprint density at radius 1 is 1.19 bits per heavy atom. The molecule has 2 heterocycles. The highest BCUT2D eigenvalue weighted by atomic mass is 16.5. The molecule has 1 aliphatic rings. The lowest BCUT2D eigenvalue weighted by molar-refractivity contribution is 0.0273. The number of carbonyl (C=O) groups excluding carboxylic acids is 1. The summed E-state index contributed by atoms with van der Waals surface area (Å²) in [5.41, 5.74) is 9.16. The molecule has 1 aromatic heterocycles. The van der Waals surface area contributed by atoms with Gasteiger partial charge in [-0.25, -0.2) is 0 Å². The molecule has 4 rings (SSSR count). The molecule has 0 unspecified atom stereocenters. The first-order chi connectivity index (χ1) is 17.4. The average molecular weight is 496 g/mol. The minimum absolute atomic E-state index is 0.148. The maximum atomic E-state index is 13.6. The molecule has 0 radical (unpaired) electrons. The number of hydrogen-bond acceptors (Lipinski definition) is 8. The van der Waals surface area contributed by atoms with Crippen molar-refractivity contribution < 1.29 is 19.1 Å². The van der Waals surface area contributed by atoms with Crippen LogP contribution in [-0.4, -0.2) is 97.5 Å². The number of rotatable bonds is 11. The Labute approximate surface area is 212 Å². The summed E-state index contributed by atoms with van der Waals surface area (Å²) in [6, 6.07) is 15.2. The number of nitrogens with two attached hydrogens (primary N) is 1.